The second-order valence-electron chi connectivity index (χ2n) is 9.06. The first kappa shape index (κ1) is 21.5. The maximum atomic E-state index is 13.2. The molecule has 7 heteroatoms. The number of likely N-dealkylation sites (tertiary alicyclic amines) is 1. The van der Waals surface area contributed by atoms with Crippen molar-refractivity contribution in [3.63, 3.8) is 0 Å². The molecule has 2 aliphatic heterocycles. The summed E-state index contributed by atoms with van der Waals surface area (Å²) in [7, 11) is 3.26. The number of carbonyl (C=O) groups excluding carboxylic acids is 2. The van der Waals surface area contributed by atoms with Crippen LogP contribution in [0.4, 0.5) is 4.79 Å². The summed E-state index contributed by atoms with van der Waals surface area (Å²) in [5.74, 6) is 0.749. The first-order chi connectivity index (χ1) is 16.0. The van der Waals surface area contributed by atoms with Crippen molar-refractivity contribution >= 4 is 22.8 Å². The lowest BCUT2D eigenvalue weighted by atomic mass is 9.85. The molecular weight excluding hydrogens is 416 g/mol. The van der Waals surface area contributed by atoms with E-state index < -0.39 is 5.54 Å². The second kappa shape index (κ2) is 8.56. The number of imide groups is 1. The molecule has 0 bridgehead atoms. The van der Waals surface area contributed by atoms with Crippen molar-refractivity contribution in [2.24, 2.45) is 0 Å². The Kier molecular flexibility index (Phi) is 5.58. The molecule has 0 aliphatic carbocycles. The first-order valence-electron chi connectivity index (χ1n) is 11.5. The summed E-state index contributed by atoms with van der Waals surface area (Å²) >= 11 is 0. The molecule has 0 unspecified atom stereocenters. The van der Waals surface area contributed by atoms with E-state index in [1.807, 2.05) is 35.2 Å². The minimum atomic E-state index is -0.727. The summed E-state index contributed by atoms with van der Waals surface area (Å²) in [4.78, 5) is 35.1. The zero-order valence-corrected chi connectivity index (χ0v) is 19.2. The van der Waals surface area contributed by atoms with E-state index in [0.717, 1.165) is 36.5 Å². The number of aromatic amines is 1. The zero-order valence-electron chi connectivity index (χ0n) is 19.2. The number of piperidine rings is 1. The molecule has 2 aromatic carbocycles. The summed E-state index contributed by atoms with van der Waals surface area (Å²) in [6.07, 6.45) is 4.10. The molecule has 0 radical (unpaired) electrons. The van der Waals surface area contributed by atoms with Gasteiger partial charge in [0.05, 0.1) is 7.11 Å². The van der Waals surface area contributed by atoms with E-state index in [1.54, 1.807) is 14.2 Å². The molecule has 0 saturated carbocycles. The Labute approximate surface area is 193 Å². The molecule has 3 amide bonds. The lowest BCUT2D eigenvalue weighted by Crippen LogP contribution is -2.56. The van der Waals surface area contributed by atoms with Crippen molar-refractivity contribution in [3.05, 3.63) is 65.9 Å². The highest BCUT2D eigenvalue weighted by molar-refractivity contribution is 6.06. The van der Waals surface area contributed by atoms with Gasteiger partial charge in [-0.3, -0.25) is 14.6 Å². The molecule has 1 aromatic heterocycles. The van der Waals surface area contributed by atoms with Crippen LogP contribution in [-0.2, 0) is 17.8 Å². The van der Waals surface area contributed by atoms with Crippen LogP contribution in [0, 0.1) is 0 Å². The van der Waals surface area contributed by atoms with Gasteiger partial charge >= 0.3 is 6.03 Å². The summed E-state index contributed by atoms with van der Waals surface area (Å²) in [5, 5.41) is 1.24. The molecule has 2 aliphatic rings. The smallest absolute Gasteiger partial charge is 0.327 e. The van der Waals surface area contributed by atoms with E-state index in [1.165, 1.54) is 15.8 Å². The fraction of sp³-hybridized carbons (Fsp3) is 0.385. The fourth-order valence-electron chi connectivity index (χ4n) is 5.29. The number of aromatic nitrogens is 1. The molecule has 1 N–H and O–H groups in total. The van der Waals surface area contributed by atoms with Gasteiger partial charge < -0.3 is 14.6 Å². The van der Waals surface area contributed by atoms with E-state index in [9.17, 15) is 9.59 Å². The van der Waals surface area contributed by atoms with Gasteiger partial charge in [0.15, 0.2) is 0 Å². The van der Waals surface area contributed by atoms with Crippen LogP contribution in [0.5, 0.6) is 5.75 Å². The highest BCUT2D eigenvalue weighted by atomic mass is 16.5. The third-order valence-corrected chi connectivity index (χ3v) is 7.27. The normalized spacial score (nSPS) is 18.6. The third kappa shape index (κ3) is 3.76. The topological polar surface area (TPSA) is 68.9 Å². The predicted molar refractivity (Wildman–Crippen MR) is 127 cm³/mol. The van der Waals surface area contributed by atoms with Gasteiger partial charge in [0.25, 0.3) is 5.91 Å². The first-order valence-corrected chi connectivity index (χ1v) is 11.5. The number of carbonyl (C=O) groups is 2. The largest absolute Gasteiger partial charge is 0.497 e. The number of hydrogen-bond acceptors (Lipinski definition) is 4. The molecule has 2 fully saturated rings. The Morgan fingerprint density at radius 2 is 1.76 bits per heavy atom. The molecule has 2 saturated heterocycles. The van der Waals surface area contributed by atoms with Crippen molar-refractivity contribution in [1.82, 2.24) is 19.7 Å². The van der Waals surface area contributed by atoms with Gasteiger partial charge in [0.2, 0.25) is 0 Å². The Morgan fingerprint density at radius 1 is 1.03 bits per heavy atom. The van der Waals surface area contributed by atoms with E-state index in [0.29, 0.717) is 25.8 Å². The van der Waals surface area contributed by atoms with Gasteiger partial charge in [-0.2, -0.15) is 0 Å². The molecular formula is C26H30N4O3. The number of amides is 3. The van der Waals surface area contributed by atoms with Crippen LogP contribution in [-0.4, -0.2) is 71.0 Å². The molecule has 7 nitrogen and oxygen atoms in total. The van der Waals surface area contributed by atoms with Crippen molar-refractivity contribution in [2.75, 3.05) is 33.8 Å². The van der Waals surface area contributed by atoms with Crippen molar-refractivity contribution in [1.29, 1.82) is 0 Å². The number of fused-ring (bicyclic) bond motifs is 1. The maximum absolute atomic E-state index is 13.2. The predicted octanol–water partition coefficient (Wildman–Crippen LogP) is 3.65. The number of methoxy groups -OCH3 is 1. The average Bonchev–Trinajstić information content (AvgIpc) is 3.33. The molecule has 0 atom stereocenters. The number of nitrogens with one attached hydrogen (secondary N) is 1. The molecule has 33 heavy (non-hydrogen) atoms. The number of rotatable bonds is 6. The molecule has 1 spiro atoms. The average molecular weight is 447 g/mol. The Balaban J connectivity index is 1.28. The van der Waals surface area contributed by atoms with E-state index in [-0.39, 0.29) is 11.9 Å². The number of ether oxygens (including phenoxy) is 1. The maximum Gasteiger partial charge on any atom is 0.327 e. The third-order valence-electron chi connectivity index (χ3n) is 7.27. The van der Waals surface area contributed by atoms with Crippen molar-refractivity contribution in [2.45, 2.75) is 31.3 Å². The molecule has 3 heterocycles. The van der Waals surface area contributed by atoms with Crippen LogP contribution in [0.3, 0.4) is 0 Å². The summed E-state index contributed by atoms with van der Waals surface area (Å²) in [6.45, 7) is 2.93. The van der Waals surface area contributed by atoms with Crippen molar-refractivity contribution < 1.29 is 14.3 Å². The summed E-state index contributed by atoms with van der Waals surface area (Å²) in [6, 6.07) is 16.0. The number of hydrogen-bond donors (Lipinski definition) is 1. The van der Waals surface area contributed by atoms with Gasteiger partial charge in [-0.25, -0.2) is 4.79 Å². The number of benzene rings is 2. The van der Waals surface area contributed by atoms with Crippen LogP contribution in [0.15, 0.2) is 54.7 Å². The number of H-pyrrole nitrogens is 1. The van der Waals surface area contributed by atoms with Crippen LogP contribution < -0.4 is 4.74 Å². The number of urea groups is 1. The fourth-order valence-corrected chi connectivity index (χ4v) is 5.29. The Morgan fingerprint density at radius 3 is 2.48 bits per heavy atom. The quantitative estimate of drug-likeness (QED) is 0.587. The number of para-hydroxylation sites is 1. The zero-order chi connectivity index (χ0) is 23.0. The van der Waals surface area contributed by atoms with Gasteiger partial charge in [-0.1, -0.05) is 30.3 Å². The standard InChI is InChI=1S/C26H30N4O3/c1-28-24(31)26(30(25(28)32)14-11-19-7-9-21(33-2)10-8-19)12-15-29(16-13-26)18-20-17-27-23-6-4-3-5-22(20)23/h3-10,17,27H,11-16,18H2,1-2H3. The second-order valence-corrected chi connectivity index (χ2v) is 9.06. The monoisotopic (exact) mass is 446 g/mol. The minimum absolute atomic E-state index is 0.0611. The number of nitrogens with zero attached hydrogens (tertiary/aromatic N) is 3. The van der Waals surface area contributed by atoms with Gasteiger partial charge in [-0.05, 0) is 48.6 Å². The number of likely N-dealkylation sites (N-methyl/N-ethyl adjacent to an activating group) is 1. The van der Waals surface area contributed by atoms with Gasteiger partial charge in [0, 0.05) is 50.3 Å². The Bertz CT molecular complexity index is 1160. The molecule has 3 aromatic rings. The van der Waals surface area contributed by atoms with Gasteiger partial charge in [0.1, 0.15) is 11.3 Å². The van der Waals surface area contributed by atoms with Gasteiger partial charge in [-0.15, -0.1) is 0 Å². The minimum Gasteiger partial charge on any atom is -0.497 e. The van der Waals surface area contributed by atoms with Crippen LogP contribution in [0.2, 0.25) is 0 Å². The van der Waals surface area contributed by atoms with Crippen molar-refractivity contribution in [3.8, 4) is 5.75 Å². The molecule has 5 rings (SSSR count). The lowest BCUT2D eigenvalue weighted by molar-refractivity contribution is -0.134. The lowest BCUT2D eigenvalue weighted by Gasteiger charge is -2.42. The summed E-state index contributed by atoms with van der Waals surface area (Å²) in [5.41, 5.74) is 2.81. The van der Waals surface area contributed by atoms with E-state index >= 15 is 0 Å². The van der Waals surface area contributed by atoms with Crippen LogP contribution in [0.1, 0.15) is 24.0 Å². The van der Waals surface area contributed by atoms with E-state index in [2.05, 4.69) is 34.3 Å². The summed E-state index contributed by atoms with van der Waals surface area (Å²) < 4.78 is 5.23. The highest BCUT2D eigenvalue weighted by Gasteiger charge is 2.56. The molecule has 172 valence electrons. The Hall–Kier alpha value is -3.32. The highest BCUT2D eigenvalue weighted by Crippen LogP contribution is 2.37. The SMILES string of the molecule is COc1ccc(CCN2C(=O)N(C)C(=O)C23CCN(Cc2c[nH]c4ccccc24)CC3)cc1. The van der Waals surface area contributed by atoms with E-state index in [4.69, 9.17) is 4.74 Å². The van der Waals surface area contributed by atoms with Crippen LogP contribution >= 0.6 is 0 Å². The van der Waals surface area contributed by atoms with Crippen LogP contribution in [0.25, 0.3) is 10.9 Å².